The summed E-state index contributed by atoms with van der Waals surface area (Å²) in [6.07, 6.45) is 2.58. The smallest absolute Gasteiger partial charge is 0.260 e. The van der Waals surface area contributed by atoms with Crippen LogP contribution in [0.25, 0.3) is 0 Å². The molecule has 0 aromatic carbocycles. The van der Waals surface area contributed by atoms with Crippen molar-refractivity contribution in [1.82, 2.24) is 19.4 Å². The molecule has 0 unspecified atom stereocenters. The highest BCUT2D eigenvalue weighted by molar-refractivity contribution is 7.89. The van der Waals surface area contributed by atoms with E-state index < -0.39 is 10.0 Å². The van der Waals surface area contributed by atoms with Crippen LogP contribution < -0.4 is 0 Å². The van der Waals surface area contributed by atoms with Crippen molar-refractivity contribution in [2.45, 2.75) is 18.5 Å². The van der Waals surface area contributed by atoms with E-state index in [1.165, 1.54) is 23.9 Å². The summed E-state index contributed by atoms with van der Waals surface area (Å²) in [6.45, 7) is 1.90. The molecule has 0 radical (unpaired) electrons. The minimum Gasteiger partial charge on any atom is -0.361 e. The van der Waals surface area contributed by atoms with Crippen LogP contribution in [0.4, 0.5) is 0 Å². The Balaban J connectivity index is 2.18. The van der Waals surface area contributed by atoms with Gasteiger partial charge in [-0.05, 0) is 6.92 Å². The summed E-state index contributed by atoms with van der Waals surface area (Å²) in [7, 11) is -2.08. The van der Waals surface area contributed by atoms with Crippen LogP contribution in [0.15, 0.2) is 28.1 Å². The zero-order valence-corrected chi connectivity index (χ0v) is 10.2. The van der Waals surface area contributed by atoms with Crippen LogP contribution in [-0.2, 0) is 16.6 Å². The van der Waals surface area contributed by atoms with Crippen molar-refractivity contribution in [2.24, 2.45) is 0 Å². The standard InChI is InChI=1S/C9H12N4O3S/c1-7-3-8(12-16-7)5-13(2)17(14,15)9-4-10-6-11-9/h3-4,6H,5H2,1-2H3,(H,10,11). The molecular weight excluding hydrogens is 244 g/mol. The predicted molar refractivity (Wildman–Crippen MR) is 58.5 cm³/mol. The Kier molecular flexibility index (Phi) is 2.99. The van der Waals surface area contributed by atoms with Crippen molar-refractivity contribution in [1.29, 1.82) is 0 Å². The molecule has 0 saturated carbocycles. The predicted octanol–water partition coefficient (Wildman–Crippen LogP) is 0.527. The van der Waals surface area contributed by atoms with Crippen LogP contribution in [0.3, 0.4) is 0 Å². The molecule has 0 aliphatic rings. The summed E-state index contributed by atoms with van der Waals surface area (Å²) in [5.74, 6) is 0.646. The highest BCUT2D eigenvalue weighted by Gasteiger charge is 2.23. The zero-order valence-electron chi connectivity index (χ0n) is 9.41. The van der Waals surface area contributed by atoms with E-state index in [0.717, 1.165) is 0 Å². The van der Waals surface area contributed by atoms with Gasteiger partial charge in [-0.1, -0.05) is 5.16 Å². The van der Waals surface area contributed by atoms with Gasteiger partial charge in [-0.15, -0.1) is 0 Å². The van der Waals surface area contributed by atoms with Crippen LogP contribution in [-0.4, -0.2) is 34.9 Å². The van der Waals surface area contributed by atoms with Crippen molar-refractivity contribution in [2.75, 3.05) is 7.05 Å². The SMILES string of the molecule is Cc1cc(CN(C)S(=O)(=O)c2cnc[nH]2)no1. The van der Waals surface area contributed by atoms with Crippen LogP contribution >= 0.6 is 0 Å². The second kappa shape index (κ2) is 4.30. The molecule has 92 valence electrons. The number of sulfonamides is 1. The first-order valence-electron chi connectivity index (χ1n) is 4.87. The van der Waals surface area contributed by atoms with Crippen molar-refractivity contribution in [3.63, 3.8) is 0 Å². The molecule has 0 atom stereocenters. The number of nitrogens with zero attached hydrogens (tertiary/aromatic N) is 3. The Morgan fingerprint density at radius 1 is 1.53 bits per heavy atom. The van der Waals surface area contributed by atoms with Crippen LogP contribution in [0, 0.1) is 6.92 Å². The van der Waals surface area contributed by atoms with Crippen molar-refractivity contribution in [3.8, 4) is 0 Å². The van der Waals surface area contributed by atoms with E-state index in [0.29, 0.717) is 11.5 Å². The summed E-state index contributed by atoms with van der Waals surface area (Å²) < 4.78 is 30.1. The first-order chi connectivity index (χ1) is 8.00. The Labute approximate surface area is 98.5 Å². The number of hydrogen-bond acceptors (Lipinski definition) is 5. The molecule has 0 aliphatic carbocycles. The van der Waals surface area contributed by atoms with E-state index >= 15 is 0 Å². The van der Waals surface area contributed by atoms with Crippen molar-refractivity contribution < 1.29 is 12.9 Å². The molecule has 2 heterocycles. The summed E-state index contributed by atoms with van der Waals surface area (Å²) in [6, 6.07) is 1.69. The molecule has 0 saturated heterocycles. The Morgan fingerprint density at radius 3 is 2.82 bits per heavy atom. The molecule has 1 N–H and O–H groups in total. The fraction of sp³-hybridized carbons (Fsp3) is 0.333. The van der Waals surface area contributed by atoms with E-state index in [4.69, 9.17) is 4.52 Å². The molecule has 0 fully saturated rings. The Morgan fingerprint density at radius 2 is 2.29 bits per heavy atom. The summed E-state index contributed by atoms with van der Waals surface area (Å²) >= 11 is 0. The molecular formula is C9H12N4O3S. The highest BCUT2D eigenvalue weighted by Crippen LogP contribution is 2.13. The lowest BCUT2D eigenvalue weighted by Crippen LogP contribution is -2.26. The molecule has 0 spiro atoms. The van der Waals surface area contributed by atoms with Gasteiger partial charge < -0.3 is 9.51 Å². The third kappa shape index (κ3) is 2.37. The number of rotatable bonds is 4. The van der Waals surface area contributed by atoms with Crippen molar-refractivity contribution >= 4 is 10.0 Å². The highest BCUT2D eigenvalue weighted by atomic mass is 32.2. The van der Waals surface area contributed by atoms with Crippen LogP contribution in [0.5, 0.6) is 0 Å². The first-order valence-corrected chi connectivity index (χ1v) is 6.31. The minimum absolute atomic E-state index is 0.0558. The molecule has 2 aromatic rings. The molecule has 2 rings (SSSR count). The normalized spacial score (nSPS) is 12.2. The van der Waals surface area contributed by atoms with Gasteiger partial charge in [0.2, 0.25) is 0 Å². The van der Waals surface area contributed by atoms with E-state index in [1.807, 2.05) is 0 Å². The monoisotopic (exact) mass is 256 g/mol. The summed E-state index contributed by atoms with van der Waals surface area (Å²) in [5, 5.41) is 3.80. The number of aryl methyl sites for hydroxylation is 1. The van der Waals surface area contributed by atoms with E-state index in [9.17, 15) is 8.42 Å². The molecule has 0 bridgehead atoms. The maximum Gasteiger partial charge on any atom is 0.260 e. The lowest BCUT2D eigenvalue weighted by Gasteiger charge is -2.13. The van der Waals surface area contributed by atoms with Gasteiger partial charge in [0.25, 0.3) is 10.0 Å². The van der Waals surface area contributed by atoms with Gasteiger partial charge in [0.15, 0.2) is 5.03 Å². The second-order valence-electron chi connectivity index (χ2n) is 3.61. The van der Waals surface area contributed by atoms with Gasteiger partial charge >= 0.3 is 0 Å². The summed E-state index contributed by atoms with van der Waals surface area (Å²) in [4.78, 5) is 6.25. The Bertz CT molecular complexity index is 588. The average molecular weight is 256 g/mol. The maximum atomic E-state index is 12.0. The van der Waals surface area contributed by atoms with Gasteiger partial charge in [0.1, 0.15) is 5.76 Å². The molecule has 2 aromatic heterocycles. The van der Waals surface area contributed by atoms with Crippen LogP contribution in [0.2, 0.25) is 0 Å². The van der Waals surface area contributed by atoms with E-state index in [1.54, 1.807) is 13.0 Å². The first kappa shape index (κ1) is 11.8. The number of imidazole rings is 1. The van der Waals surface area contributed by atoms with Gasteiger partial charge in [-0.3, -0.25) is 0 Å². The molecule has 17 heavy (non-hydrogen) atoms. The third-order valence-corrected chi connectivity index (χ3v) is 3.95. The maximum absolute atomic E-state index is 12.0. The number of nitrogens with one attached hydrogen (secondary N) is 1. The van der Waals surface area contributed by atoms with Gasteiger partial charge in [0, 0.05) is 13.1 Å². The number of hydrogen-bond donors (Lipinski definition) is 1. The van der Waals surface area contributed by atoms with Crippen molar-refractivity contribution in [3.05, 3.63) is 30.0 Å². The molecule has 0 amide bonds. The zero-order chi connectivity index (χ0) is 12.5. The van der Waals surface area contributed by atoms with E-state index in [2.05, 4.69) is 15.1 Å². The van der Waals surface area contributed by atoms with Gasteiger partial charge in [-0.25, -0.2) is 13.4 Å². The fourth-order valence-corrected chi connectivity index (χ4v) is 2.39. The third-order valence-electron chi connectivity index (χ3n) is 2.22. The number of aromatic amines is 1. The number of H-pyrrole nitrogens is 1. The van der Waals surface area contributed by atoms with Crippen LogP contribution in [0.1, 0.15) is 11.5 Å². The quantitative estimate of drug-likeness (QED) is 0.861. The second-order valence-corrected chi connectivity index (χ2v) is 5.62. The largest absolute Gasteiger partial charge is 0.361 e. The van der Waals surface area contributed by atoms with Gasteiger partial charge in [0.05, 0.1) is 24.8 Å². The fourth-order valence-electron chi connectivity index (χ4n) is 1.36. The molecule has 8 heteroatoms. The lowest BCUT2D eigenvalue weighted by atomic mass is 10.4. The molecule has 0 aliphatic heterocycles. The summed E-state index contributed by atoms with van der Waals surface area (Å²) in [5.41, 5.74) is 0.563. The topological polar surface area (TPSA) is 92.1 Å². The van der Waals surface area contributed by atoms with Gasteiger partial charge in [-0.2, -0.15) is 4.31 Å². The minimum atomic E-state index is -3.55. The lowest BCUT2D eigenvalue weighted by molar-refractivity contribution is 0.378. The average Bonchev–Trinajstić information content (AvgIpc) is 2.89. The van der Waals surface area contributed by atoms with E-state index in [-0.39, 0.29) is 11.6 Å². The number of aromatic nitrogens is 3. The Hall–Kier alpha value is -1.67. The molecule has 7 nitrogen and oxygen atoms in total.